The van der Waals surface area contributed by atoms with E-state index in [9.17, 15) is 0 Å². The summed E-state index contributed by atoms with van der Waals surface area (Å²) >= 11 is 0. The van der Waals surface area contributed by atoms with Gasteiger partial charge < -0.3 is 10.4 Å². The molecule has 0 aliphatic carbocycles. The molecule has 2 heteroatoms. The summed E-state index contributed by atoms with van der Waals surface area (Å²) in [6.07, 6.45) is 1.77. The van der Waals surface area contributed by atoms with Crippen molar-refractivity contribution in [1.29, 1.82) is 0 Å². The van der Waals surface area contributed by atoms with Crippen LogP contribution in [0.4, 0.5) is 5.69 Å². The molecule has 72 valence electrons. The zero-order valence-electron chi connectivity index (χ0n) is 8.30. The van der Waals surface area contributed by atoms with Crippen LogP contribution in [-0.2, 0) is 6.42 Å². The smallest absolute Gasteiger partial charge is 0.0434 e. The number of aliphatic hydroxyl groups is 1. The number of aryl methyl sites for hydroxylation is 2. The van der Waals surface area contributed by atoms with E-state index in [1.54, 1.807) is 0 Å². The van der Waals surface area contributed by atoms with E-state index in [4.69, 9.17) is 5.11 Å². The summed E-state index contributed by atoms with van der Waals surface area (Å²) in [6, 6.07) is 6.36. The van der Waals surface area contributed by atoms with Gasteiger partial charge in [0.2, 0.25) is 0 Å². The van der Waals surface area contributed by atoms with E-state index < -0.39 is 0 Å². The van der Waals surface area contributed by atoms with Crippen LogP contribution in [0.3, 0.4) is 0 Å². The molecule has 0 amide bonds. The Hall–Kier alpha value is -1.02. The summed E-state index contributed by atoms with van der Waals surface area (Å²) in [5.41, 5.74) is 3.72. The van der Waals surface area contributed by atoms with Gasteiger partial charge in [-0.15, -0.1) is 0 Å². The van der Waals surface area contributed by atoms with Crippen molar-refractivity contribution < 1.29 is 5.11 Å². The quantitative estimate of drug-likeness (QED) is 0.740. The van der Waals surface area contributed by atoms with Gasteiger partial charge in [-0.1, -0.05) is 12.1 Å². The SMILES string of the molecule is CNc1cc(C)ccc1CCCO. The standard InChI is InChI=1S/C11H17NO/c1-9-5-6-10(4-3-7-13)11(8-9)12-2/h5-6,8,12-13H,3-4,7H2,1-2H3. The van der Waals surface area contributed by atoms with E-state index in [0.717, 1.165) is 12.8 Å². The number of aliphatic hydroxyl groups excluding tert-OH is 1. The van der Waals surface area contributed by atoms with Gasteiger partial charge in [-0.05, 0) is 37.0 Å². The van der Waals surface area contributed by atoms with E-state index in [-0.39, 0.29) is 6.61 Å². The fraction of sp³-hybridized carbons (Fsp3) is 0.455. The summed E-state index contributed by atoms with van der Waals surface area (Å²) in [5, 5.41) is 11.9. The molecule has 0 saturated carbocycles. The monoisotopic (exact) mass is 179 g/mol. The third kappa shape index (κ3) is 2.74. The van der Waals surface area contributed by atoms with Crippen molar-refractivity contribution in [3.63, 3.8) is 0 Å². The summed E-state index contributed by atoms with van der Waals surface area (Å²) in [7, 11) is 1.93. The summed E-state index contributed by atoms with van der Waals surface area (Å²) in [5.74, 6) is 0. The molecule has 0 aliphatic rings. The second kappa shape index (κ2) is 4.87. The largest absolute Gasteiger partial charge is 0.396 e. The van der Waals surface area contributed by atoms with Crippen molar-refractivity contribution in [2.45, 2.75) is 19.8 Å². The maximum absolute atomic E-state index is 8.73. The summed E-state index contributed by atoms with van der Waals surface area (Å²) in [4.78, 5) is 0. The van der Waals surface area contributed by atoms with Crippen LogP contribution in [0.5, 0.6) is 0 Å². The first kappa shape index (κ1) is 10.1. The predicted molar refractivity (Wildman–Crippen MR) is 56.1 cm³/mol. The molecule has 0 unspecified atom stereocenters. The molecule has 1 aromatic carbocycles. The molecule has 0 fully saturated rings. The topological polar surface area (TPSA) is 32.3 Å². The Morgan fingerprint density at radius 3 is 2.77 bits per heavy atom. The average molecular weight is 179 g/mol. The summed E-state index contributed by atoms with van der Waals surface area (Å²) in [6.45, 7) is 2.34. The first-order valence-electron chi connectivity index (χ1n) is 4.66. The summed E-state index contributed by atoms with van der Waals surface area (Å²) < 4.78 is 0. The van der Waals surface area contributed by atoms with Crippen molar-refractivity contribution in [3.8, 4) is 0 Å². The van der Waals surface area contributed by atoms with Gasteiger partial charge >= 0.3 is 0 Å². The molecule has 0 spiro atoms. The van der Waals surface area contributed by atoms with E-state index in [2.05, 4.69) is 30.4 Å². The molecule has 0 atom stereocenters. The Labute approximate surface area is 79.6 Å². The van der Waals surface area contributed by atoms with E-state index in [1.165, 1.54) is 16.8 Å². The van der Waals surface area contributed by atoms with Gasteiger partial charge in [-0.25, -0.2) is 0 Å². The number of hydrogen-bond acceptors (Lipinski definition) is 2. The van der Waals surface area contributed by atoms with Crippen LogP contribution in [0.15, 0.2) is 18.2 Å². The molecule has 0 aliphatic heterocycles. The second-order valence-corrected chi connectivity index (χ2v) is 3.24. The molecule has 0 saturated heterocycles. The van der Waals surface area contributed by atoms with Crippen LogP contribution >= 0.6 is 0 Å². The van der Waals surface area contributed by atoms with Crippen molar-refractivity contribution in [2.75, 3.05) is 19.0 Å². The van der Waals surface area contributed by atoms with Crippen LogP contribution in [0, 0.1) is 6.92 Å². The third-order valence-electron chi connectivity index (χ3n) is 2.14. The van der Waals surface area contributed by atoms with Gasteiger partial charge in [0.15, 0.2) is 0 Å². The molecule has 2 N–H and O–H groups in total. The lowest BCUT2D eigenvalue weighted by Crippen LogP contribution is -1.97. The number of nitrogens with one attached hydrogen (secondary N) is 1. The van der Waals surface area contributed by atoms with Crippen molar-refractivity contribution in [1.82, 2.24) is 0 Å². The van der Waals surface area contributed by atoms with Crippen LogP contribution in [0.2, 0.25) is 0 Å². The fourth-order valence-electron chi connectivity index (χ4n) is 1.41. The lowest BCUT2D eigenvalue weighted by atomic mass is 10.1. The molecule has 13 heavy (non-hydrogen) atoms. The molecule has 0 radical (unpaired) electrons. The Balaban J connectivity index is 2.79. The van der Waals surface area contributed by atoms with Crippen LogP contribution in [0.25, 0.3) is 0 Å². The first-order valence-corrected chi connectivity index (χ1v) is 4.66. The Bertz CT molecular complexity index is 271. The van der Waals surface area contributed by atoms with Crippen LogP contribution < -0.4 is 5.32 Å². The molecular formula is C11H17NO. The van der Waals surface area contributed by atoms with E-state index in [0.29, 0.717) is 0 Å². The highest BCUT2D eigenvalue weighted by Crippen LogP contribution is 2.18. The van der Waals surface area contributed by atoms with Gasteiger partial charge in [-0.3, -0.25) is 0 Å². The number of benzene rings is 1. The predicted octanol–water partition coefficient (Wildman–Crippen LogP) is 1.96. The molecule has 0 aromatic heterocycles. The minimum absolute atomic E-state index is 0.261. The average Bonchev–Trinajstić information content (AvgIpc) is 2.16. The highest BCUT2D eigenvalue weighted by molar-refractivity contribution is 5.52. The van der Waals surface area contributed by atoms with Gasteiger partial charge in [0.05, 0.1) is 0 Å². The normalized spacial score (nSPS) is 10.1. The lowest BCUT2D eigenvalue weighted by Gasteiger charge is -2.09. The zero-order valence-corrected chi connectivity index (χ0v) is 8.30. The maximum Gasteiger partial charge on any atom is 0.0434 e. The number of rotatable bonds is 4. The van der Waals surface area contributed by atoms with Crippen LogP contribution in [0.1, 0.15) is 17.5 Å². The van der Waals surface area contributed by atoms with Crippen LogP contribution in [-0.4, -0.2) is 18.8 Å². The van der Waals surface area contributed by atoms with Crippen molar-refractivity contribution in [2.24, 2.45) is 0 Å². The highest BCUT2D eigenvalue weighted by Gasteiger charge is 1.99. The van der Waals surface area contributed by atoms with Gasteiger partial charge in [0.1, 0.15) is 0 Å². The van der Waals surface area contributed by atoms with Gasteiger partial charge in [0, 0.05) is 19.3 Å². The number of anilines is 1. The first-order chi connectivity index (χ1) is 6.27. The fourth-order valence-corrected chi connectivity index (χ4v) is 1.41. The Morgan fingerprint density at radius 1 is 1.38 bits per heavy atom. The molecule has 0 bridgehead atoms. The maximum atomic E-state index is 8.73. The van der Waals surface area contributed by atoms with Crippen molar-refractivity contribution >= 4 is 5.69 Å². The lowest BCUT2D eigenvalue weighted by molar-refractivity contribution is 0.288. The molecule has 1 rings (SSSR count). The molecule has 2 nitrogen and oxygen atoms in total. The zero-order chi connectivity index (χ0) is 9.68. The van der Waals surface area contributed by atoms with E-state index in [1.807, 2.05) is 7.05 Å². The third-order valence-corrected chi connectivity index (χ3v) is 2.14. The molecule has 1 aromatic rings. The van der Waals surface area contributed by atoms with Crippen molar-refractivity contribution in [3.05, 3.63) is 29.3 Å². The minimum Gasteiger partial charge on any atom is -0.396 e. The second-order valence-electron chi connectivity index (χ2n) is 3.24. The number of hydrogen-bond donors (Lipinski definition) is 2. The Kier molecular flexibility index (Phi) is 3.77. The molecular weight excluding hydrogens is 162 g/mol. The van der Waals surface area contributed by atoms with Gasteiger partial charge in [0.25, 0.3) is 0 Å². The Morgan fingerprint density at radius 2 is 2.15 bits per heavy atom. The molecule has 0 heterocycles. The highest BCUT2D eigenvalue weighted by atomic mass is 16.2. The van der Waals surface area contributed by atoms with E-state index >= 15 is 0 Å². The van der Waals surface area contributed by atoms with Gasteiger partial charge in [-0.2, -0.15) is 0 Å². The minimum atomic E-state index is 0.261.